The zero-order valence-corrected chi connectivity index (χ0v) is 11.7. The second-order valence-electron chi connectivity index (χ2n) is 5.13. The van der Waals surface area contributed by atoms with Gasteiger partial charge in [-0.3, -0.25) is 4.79 Å². The van der Waals surface area contributed by atoms with E-state index < -0.39 is 5.97 Å². The molecule has 0 saturated carbocycles. The molecule has 1 amide bonds. The molecule has 1 saturated heterocycles. The summed E-state index contributed by atoms with van der Waals surface area (Å²) < 4.78 is 1.37. The van der Waals surface area contributed by atoms with Gasteiger partial charge in [0.05, 0.1) is 5.69 Å². The van der Waals surface area contributed by atoms with Gasteiger partial charge < -0.3 is 10.0 Å². The smallest absolute Gasteiger partial charge is 0.358 e. The Morgan fingerprint density at radius 2 is 1.75 bits per heavy atom. The summed E-state index contributed by atoms with van der Waals surface area (Å²) in [7, 11) is 0. The SMILES string of the molecule is Cc1c(C(=O)O)nnn1CC(=O)N1CCCCCCC1. The fourth-order valence-corrected chi connectivity index (χ4v) is 2.43. The molecule has 20 heavy (non-hydrogen) atoms. The van der Waals surface area contributed by atoms with E-state index in [1.807, 2.05) is 4.90 Å². The lowest BCUT2D eigenvalue weighted by Gasteiger charge is -2.24. The average molecular weight is 280 g/mol. The van der Waals surface area contributed by atoms with Gasteiger partial charge in [-0.1, -0.05) is 24.5 Å². The lowest BCUT2D eigenvalue weighted by Crippen LogP contribution is -2.36. The van der Waals surface area contributed by atoms with E-state index in [0.29, 0.717) is 5.69 Å². The zero-order valence-electron chi connectivity index (χ0n) is 11.7. The number of rotatable bonds is 3. The summed E-state index contributed by atoms with van der Waals surface area (Å²) in [4.78, 5) is 25.0. The minimum atomic E-state index is -1.12. The van der Waals surface area contributed by atoms with Crippen LogP contribution < -0.4 is 0 Å². The van der Waals surface area contributed by atoms with Crippen molar-refractivity contribution in [2.24, 2.45) is 0 Å². The maximum atomic E-state index is 12.3. The van der Waals surface area contributed by atoms with Gasteiger partial charge in [0.2, 0.25) is 5.91 Å². The van der Waals surface area contributed by atoms with E-state index in [0.717, 1.165) is 38.8 Å². The van der Waals surface area contributed by atoms with Gasteiger partial charge >= 0.3 is 5.97 Å². The van der Waals surface area contributed by atoms with Crippen molar-refractivity contribution >= 4 is 11.9 Å². The van der Waals surface area contributed by atoms with Crippen molar-refractivity contribution in [3.8, 4) is 0 Å². The molecule has 0 aromatic carbocycles. The van der Waals surface area contributed by atoms with Crippen LogP contribution in [0.3, 0.4) is 0 Å². The van der Waals surface area contributed by atoms with Crippen LogP contribution in [0.5, 0.6) is 0 Å². The normalized spacial score (nSPS) is 16.6. The standard InChI is InChI=1S/C13H20N4O3/c1-10-12(13(19)20)14-15-17(10)9-11(18)16-7-5-3-2-4-6-8-16/h2-9H2,1H3,(H,19,20). The number of aromatic carboxylic acids is 1. The van der Waals surface area contributed by atoms with Crippen molar-refractivity contribution < 1.29 is 14.7 Å². The number of amides is 1. The van der Waals surface area contributed by atoms with Crippen LogP contribution in [0, 0.1) is 6.92 Å². The number of carbonyl (C=O) groups is 2. The van der Waals surface area contributed by atoms with Crippen LogP contribution in [0.15, 0.2) is 0 Å². The Kier molecular flexibility index (Phi) is 4.70. The maximum Gasteiger partial charge on any atom is 0.358 e. The molecule has 1 fully saturated rings. The molecule has 2 rings (SSSR count). The largest absolute Gasteiger partial charge is 0.476 e. The van der Waals surface area contributed by atoms with E-state index in [4.69, 9.17) is 5.11 Å². The second kappa shape index (κ2) is 6.49. The van der Waals surface area contributed by atoms with Crippen molar-refractivity contribution in [2.75, 3.05) is 13.1 Å². The van der Waals surface area contributed by atoms with E-state index in [2.05, 4.69) is 10.3 Å². The number of carboxylic acids is 1. The summed E-state index contributed by atoms with van der Waals surface area (Å²) in [5, 5.41) is 16.3. The van der Waals surface area contributed by atoms with Crippen molar-refractivity contribution in [1.82, 2.24) is 19.9 Å². The summed E-state index contributed by atoms with van der Waals surface area (Å²) in [5.41, 5.74) is 0.323. The molecule has 7 nitrogen and oxygen atoms in total. The maximum absolute atomic E-state index is 12.3. The van der Waals surface area contributed by atoms with Gasteiger partial charge in [0.1, 0.15) is 6.54 Å². The molecular formula is C13H20N4O3. The fraction of sp³-hybridized carbons (Fsp3) is 0.692. The summed E-state index contributed by atoms with van der Waals surface area (Å²) in [6.07, 6.45) is 5.63. The first kappa shape index (κ1) is 14.5. The van der Waals surface area contributed by atoms with E-state index in [9.17, 15) is 9.59 Å². The van der Waals surface area contributed by atoms with Crippen molar-refractivity contribution in [1.29, 1.82) is 0 Å². The third-order valence-corrected chi connectivity index (χ3v) is 3.68. The molecule has 1 aliphatic heterocycles. The van der Waals surface area contributed by atoms with Crippen molar-refractivity contribution in [3.05, 3.63) is 11.4 Å². The zero-order chi connectivity index (χ0) is 14.5. The molecule has 2 heterocycles. The Hall–Kier alpha value is -1.92. The minimum absolute atomic E-state index is 0.0168. The number of aromatic nitrogens is 3. The molecule has 0 unspecified atom stereocenters. The van der Waals surface area contributed by atoms with Gasteiger partial charge in [-0.2, -0.15) is 0 Å². The highest BCUT2D eigenvalue weighted by Crippen LogP contribution is 2.11. The molecule has 7 heteroatoms. The molecule has 0 radical (unpaired) electrons. The predicted molar refractivity (Wildman–Crippen MR) is 71.4 cm³/mol. The number of hydrogen-bond acceptors (Lipinski definition) is 4. The molecule has 0 aliphatic carbocycles. The first-order valence-corrected chi connectivity index (χ1v) is 7.00. The highest BCUT2D eigenvalue weighted by atomic mass is 16.4. The van der Waals surface area contributed by atoms with E-state index in [-0.39, 0.29) is 18.1 Å². The lowest BCUT2D eigenvalue weighted by atomic mass is 10.1. The highest BCUT2D eigenvalue weighted by molar-refractivity contribution is 5.86. The minimum Gasteiger partial charge on any atom is -0.476 e. The quantitative estimate of drug-likeness (QED) is 0.895. The molecule has 1 N–H and O–H groups in total. The molecule has 0 spiro atoms. The molecule has 0 bridgehead atoms. The van der Waals surface area contributed by atoms with Crippen molar-refractivity contribution in [3.63, 3.8) is 0 Å². The average Bonchev–Trinajstić information content (AvgIpc) is 2.70. The molecule has 1 aromatic rings. The summed E-state index contributed by atoms with van der Waals surface area (Å²) in [6, 6.07) is 0. The fourth-order valence-electron chi connectivity index (χ4n) is 2.43. The molecule has 1 aliphatic rings. The Balaban J connectivity index is 2.01. The van der Waals surface area contributed by atoms with E-state index in [1.54, 1.807) is 6.92 Å². The van der Waals surface area contributed by atoms with Crippen LogP contribution in [0.4, 0.5) is 0 Å². The molecular weight excluding hydrogens is 260 g/mol. The predicted octanol–water partition coefficient (Wildman–Crippen LogP) is 1.08. The summed E-state index contributed by atoms with van der Waals surface area (Å²) in [5.74, 6) is -1.13. The van der Waals surface area contributed by atoms with Crippen LogP contribution in [0.1, 0.15) is 48.3 Å². The van der Waals surface area contributed by atoms with Crippen LogP contribution >= 0.6 is 0 Å². The number of carboxylic acid groups (broad SMARTS) is 1. The Morgan fingerprint density at radius 1 is 1.15 bits per heavy atom. The molecule has 1 aromatic heterocycles. The van der Waals surface area contributed by atoms with Gasteiger partial charge in [0.15, 0.2) is 5.69 Å². The first-order chi connectivity index (χ1) is 9.59. The van der Waals surface area contributed by atoms with E-state index >= 15 is 0 Å². The van der Waals surface area contributed by atoms with Gasteiger partial charge in [-0.25, -0.2) is 9.48 Å². The summed E-state index contributed by atoms with van der Waals surface area (Å²) >= 11 is 0. The van der Waals surface area contributed by atoms with Crippen LogP contribution in [-0.4, -0.2) is 50.0 Å². The van der Waals surface area contributed by atoms with Crippen LogP contribution in [0.2, 0.25) is 0 Å². The topological polar surface area (TPSA) is 88.3 Å². The van der Waals surface area contributed by atoms with Gasteiger partial charge in [-0.15, -0.1) is 5.10 Å². The molecule has 110 valence electrons. The Bertz CT molecular complexity index is 490. The third kappa shape index (κ3) is 3.34. The van der Waals surface area contributed by atoms with Gasteiger partial charge in [0.25, 0.3) is 0 Å². The number of nitrogens with zero attached hydrogens (tertiary/aromatic N) is 4. The molecule has 0 atom stereocenters. The van der Waals surface area contributed by atoms with Crippen LogP contribution in [0.25, 0.3) is 0 Å². The Morgan fingerprint density at radius 3 is 2.30 bits per heavy atom. The van der Waals surface area contributed by atoms with Gasteiger partial charge in [0, 0.05) is 13.1 Å². The number of hydrogen-bond donors (Lipinski definition) is 1. The van der Waals surface area contributed by atoms with Crippen LogP contribution in [-0.2, 0) is 11.3 Å². The van der Waals surface area contributed by atoms with Crippen molar-refractivity contribution in [2.45, 2.75) is 45.6 Å². The number of carbonyl (C=O) groups excluding carboxylic acids is 1. The summed E-state index contributed by atoms with van der Waals surface area (Å²) in [6.45, 7) is 3.23. The third-order valence-electron chi connectivity index (χ3n) is 3.68. The second-order valence-corrected chi connectivity index (χ2v) is 5.13. The lowest BCUT2D eigenvalue weighted by molar-refractivity contribution is -0.132. The Labute approximate surface area is 117 Å². The van der Waals surface area contributed by atoms with Gasteiger partial charge in [-0.05, 0) is 19.8 Å². The van der Waals surface area contributed by atoms with E-state index in [1.165, 1.54) is 11.1 Å². The number of likely N-dealkylation sites (tertiary alicyclic amines) is 1. The monoisotopic (exact) mass is 280 g/mol. The first-order valence-electron chi connectivity index (χ1n) is 7.00. The highest BCUT2D eigenvalue weighted by Gasteiger charge is 2.20.